The summed E-state index contributed by atoms with van der Waals surface area (Å²) in [5.41, 5.74) is 2.62. The SMILES string of the molecule is Cc1ccncc1CNc1nccc(C#N)c1Cl. The summed E-state index contributed by atoms with van der Waals surface area (Å²) in [4.78, 5) is 8.19. The number of pyridine rings is 2. The van der Waals surface area contributed by atoms with Crippen LogP contribution in [0, 0.1) is 18.3 Å². The molecule has 0 atom stereocenters. The summed E-state index contributed by atoms with van der Waals surface area (Å²) in [5.74, 6) is 0.513. The Bertz CT molecular complexity index is 604. The van der Waals surface area contributed by atoms with Crippen molar-refractivity contribution in [3.05, 3.63) is 52.4 Å². The van der Waals surface area contributed by atoms with Crippen molar-refractivity contribution in [2.24, 2.45) is 0 Å². The van der Waals surface area contributed by atoms with E-state index in [1.54, 1.807) is 24.7 Å². The lowest BCUT2D eigenvalue weighted by Crippen LogP contribution is -2.04. The zero-order chi connectivity index (χ0) is 13.0. The number of anilines is 1. The Labute approximate surface area is 110 Å². The zero-order valence-electron chi connectivity index (χ0n) is 9.81. The van der Waals surface area contributed by atoms with Crippen LogP contribution < -0.4 is 5.32 Å². The number of rotatable bonds is 3. The van der Waals surface area contributed by atoms with Crippen LogP contribution in [0.2, 0.25) is 5.02 Å². The van der Waals surface area contributed by atoms with Crippen LogP contribution in [0.1, 0.15) is 16.7 Å². The number of halogens is 1. The minimum Gasteiger partial charge on any atom is -0.365 e. The number of aryl methyl sites for hydroxylation is 1. The third-order valence-electron chi connectivity index (χ3n) is 2.60. The Morgan fingerprint density at radius 3 is 2.94 bits per heavy atom. The third-order valence-corrected chi connectivity index (χ3v) is 2.99. The summed E-state index contributed by atoms with van der Waals surface area (Å²) in [6.45, 7) is 2.58. The molecule has 2 aromatic rings. The summed E-state index contributed by atoms with van der Waals surface area (Å²) in [6.07, 6.45) is 5.10. The number of nitrogens with zero attached hydrogens (tertiary/aromatic N) is 3. The molecule has 2 aromatic heterocycles. The van der Waals surface area contributed by atoms with Crippen molar-refractivity contribution in [1.82, 2.24) is 9.97 Å². The van der Waals surface area contributed by atoms with E-state index >= 15 is 0 Å². The van der Waals surface area contributed by atoms with E-state index in [-0.39, 0.29) is 0 Å². The molecule has 0 fully saturated rings. The molecule has 2 rings (SSSR count). The van der Waals surface area contributed by atoms with E-state index in [0.717, 1.165) is 11.1 Å². The molecule has 0 amide bonds. The lowest BCUT2D eigenvalue weighted by molar-refractivity contribution is 1.06. The molecule has 0 radical (unpaired) electrons. The van der Waals surface area contributed by atoms with E-state index in [4.69, 9.17) is 16.9 Å². The molecule has 0 aliphatic rings. The number of nitriles is 1. The minimum absolute atomic E-state index is 0.349. The van der Waals surface area contributed by atoms with Gasteiger partial charge >= 0.3 is 0 Å². The van der Waals surface area contributed by atoms with Gasteiger partial charge in [-0.05, 0) is 30.2 Å². The molecule has 0 saturated carbocycles. The molecular formula is C13H11ClN4. The van der Waals surface area contributed by atoms with Gasteiger partial charge in [0.25, 0.3) is 0 Å². The first-order valence-electron chi connectivity index (χ1n) is 5.40. The van der Waals surface area contributed by atoms with Crippen molar-refractivity contribution >= 4 is 17.4 Å². The molecule has 0 bridgehead atoms. The van der Waals surface area contributed by atoms with Gasteiger partial charge in [0.2, 0.25) is 0 Å². The molecule has 1 N–H and O–H groups in total. The fraction of sp³-hybridized carbons (Fsp3) is 0.154. The largest absolute Gasteiger partial charge is 0.365 e. The molecule has 0 spiro atoms. The van der Waals surface area contributed by atoms with E-state index in [1.807, 2.05) is 19.1 Å². The second-order valence-corrected chi connectivity index (χ2v) is 4.17. The van der Waals surface area contributed by atoms with Gasteiger partial charge in [-0.2, -0.15) is 5.26 Å². The fourth-order valence-electron chi connectivity index (χ4n) is 1.51. The van der Waals surface area contributed by atoms with Crippen molar-refractivity contribution < 1.29 is 0 Å². The Hall–Kier alpha value is -2.12. The molecule has 4 nitrogen and oxygen atoms in total. The van der Waals surface area contributed by atoms with E-state index in [9.17, 15) is 0 Å². The van der Waals surface area contributed by atoms with Crippen LogP contribution in [-0.4, -0.2) is 9.97 Å². The average Bonchev–Trinajstić information content (AvgIpc) is 2.39. The van der Waals surface area contributed by atoms with Crippen molar-refractivity contribution in [3.8, 4) is 6.07 Å². The van der Waals surface area contributed by atoms with Crippen LogP contribution in [0.25, 0.3) is 0 Å². The second-order valence-electron chi connectivity index (χ2n) is 3.79. The van der Waals surface area contributed by atoms with Crippen molar-refractivity contribution in [3.63, 3.8) is 0 Å². The Morgan fingerprint density at radius 1 is 1.39 bits per heavy atom. The van der Waals surface area contributed by atoms with Gasteiger partial charge in [0.15, 0.2) is 0 Å². The van der Waals surface area contributed by atoms with E-state index in [0.29, 0.717) is 22.9 Å². The molecule has 90 valence electrons. The Kier molecular flexibility index (Phi) is 3.75. The maximum Gasteiger partial charge on any atom is 0.146 e. The molecule has 0 aliphatic heterocycles. The molecule has 5 heteroatoms. The van der Waals surface area contributed by atoms with Crippen molar-refractivity contribution in [2.75, 3.05) is 5.32 Å². The maximum absolute atomic E-state index is 8.87. The number of hydrogen-bond acceptors (Lipinski definition) is 4. The smallest absolute Gasteiger partial charge is 0.146 e. The van der Waals surface area contributed by atoms with Crippen LogP contribution in [0.4, 0.5) is 5.82 Å². The van der Waals surface area contributed by atoms with Gasteiger partial charge in [0, 0.05) is 25.1 Å². The first-order chi connectivity index (χ1) is 8.72. The highest BCUT2D eigenvalue weighted by atomic mass is 35.5. The predicted octanol–water partition coefficient (Wildman–Crippen LogP) is 2.92. The van der Waals surface area contributed by atoms with E-state index in [1.165, 1.54) is 0 Å². The summed E-state index contributed by atoms with van der Waals surface area (Å²) < 4.78 is 0. The number of hydrogen-bond donors (Lipinski definition) is 1. The molecule has 2 heterocycles. The summed E-state index contributed by atoms with van der Waals surface area (Å²) in [5, 5.41) is 12.3. The molecule has 0 aliphatic carbocycles. The first kappa shape index (κ1) is 12.3. The number of nitrogens with one attached hydrogen (secondary N) is 1. The molecule has 18 heavy (non-hydrogen) atoms. The monoisotopic (exact) mass is 258 g/mol. The number of aromatic nitrogens is 2. The van der Waals surface area contributed by atoms with E-state index in [2.05, 4.69) is 15.3 Å². The van der Waals surface area contributed by atoms with Gasteiger partial charge in [-0.3, -0.25) is 4.98 Å². The topological polar surface area (TPSA) is 61.6 Å². The average molecular weight is 259 g/mol. The molecule has 0 unspecified atom stereocenters. The summed E-state index contributed by atoms with van der Waals surface area (Å²) in [7, 11) is 0. The van der Waals surface area contributed by atoms with E-state index < -0.39 is 0 Å². The lowest BCUT2D eigenvalue weighted by Gasteiger charge is -2.09. The fourth-order valence-corrected chi connectivity index (χ4v) is 1.73. The zero-order valence-corrected chi connectivity index (χ0v) is 10.6. The maximum atomic E-state index is 8.87. The van der Waals surface area contributed by atoms with Gasteiger partial charge in [0.05, 0.1) is 5.56 Å². The van der Waals surface area contributed by atoms with Crippen LogP contribution in [0.5, 0.6) is 0 Å². The third kappa shape index (κ3) is 2.58. The van der Waals surface area contributed by atoms with Gasteiger partial charge < -0.3 is 5.32 Å². The van der Waals surface area contributed by atoms with Gasteiger partial charge in [-0.1, -0.05) is 11.6 Å². The van der Waals surface area contributed by atoms with Gasteiger partial charge in [-0.15, -0.1) is 0 Å². The standard InChI is InChI=1S/C13H11ClN4/c1-9-2-4-16-7-11(9)8-18-13-12(14)10(6-15)3-5-17-13/h2-5,7H,8H2,1H3,(H,17,18). The predicted molar refractivity (Wildman–Crippen MR) is 70.3 cm³/mol. The van der Waals surface area contributed by atoms with Crippen LogP contribution >= 0.6 is 11.6 Å². The normalized spacial score (nSPS) is 9.83. The molecule has 0 saturated heterocycles. The summed E-state index contributed by atoms with van der Waals surface area (Å²) >= 11 is 6.05. The minimum atomic E-state index is 0.349. The highest BCUT2D eigenvalue weighted by Crippen LogP contribution is 2.23. The van der Waals surface area contributed by atoms with Crippen molar-refractivity contribution in [1.29, 1.82) is 5.26 Å². The van der Waals surface area contributed by atoms with Crippen LogP contribution in [0.15, 0.2) is 30.7 Å². The highest BCUT2D eigenvalue weighted by molar-refractivity contribution is 6.34. The van der Waals surface area contributed by atoms with Crippen LogP contribution in [0.3, 0.4) is 0 Å². The van der Waals surface area contributed by atoms with Gasteiger partial charge in [-0.25, -0.2) is 4.98 Å². The molecular weight excluding hydrogens is 248 g/mol. The van der Waals surface area contributed by atoms with Gasteiger partial charge in [0.1, 0.15) is 16.9 Å². The highest BCUT2D eigenvalue weighted by Gasteiger charge is 2.07. The van der Waals surface area contributed by atoms with Crippen LogP contribution in [-0.2, 0) is 6.54 Å². The second kappa shape index (κ2) is 5.48. The first-order valence-corrected chi connectivity index (χ1v) is 5.78. The Morgan fingerprint density at radius 2 is 2.22 bits per heavy atom. The summed E-state index contributed by atoms with van der Waals surface area (Å²) in [6, 6.07) is 5.55. The quantitative estimate of drug-likeness (QED) is 0.920. The molecule has 0 aromatic carbocycles. The Balaban J connectivity index is 2.17. The van der Waals surface area contributed by atoms with Crippen molar-refractivity contribution in [2.45, 2.75) is 13.5 Å². The lowest BCUT2D eigenvalue weighted by atomic mass is 10.1.